The van der Waals surface area contributed by atoms with Gasteiger partial charge in [-0.3, -0.25) is 4.57 Å². The van der Waals surface area contributed by atoms with Crippen molar-refractivity contribution in [3.05, 3.63) is 0 Å². The molecule has 5 nitrogen and oxygen atoms in total. The van der Waals surface area contributed by atoms with E-state index < -0.39 is 7.82 Å². The standard InChI is InChI=1S/C2H5O5P.Na/c3-8(4)6-2-1-5-7-8;/h1-2H2,(H,3,4);/q;+1/p-1. The summed E-state index contributed by atoms with van der Waals surface area (Å²) in [6, 6.07) is 0. The van der Waals surface area contributed by atoms with Crippen molar-refractivity contribution in [1.82, 2.24) is 0 Å². The zero-order chi connectivity index (χ0) is 6.04. The molecule has 9 heavy (non-hydrogen) atoms. The van der Waals surface area contributed by atoms with Gasteiger partial charge in [-0.2, -0.15) is 4.67 Å². The molecule has 1 saturated heterocycles. The Hall–Kier alpha value is 1.07. The first-order valence-corrected chi connectivity index (χ1v) is 3.43. The number of hydrogen-bond acceptors (Lipinski definition) is 5. The van der Waals surface area contributed by atoms with Gasteiger partial charge in [0, 0.05) is 0 Å². The van der Waals surface area contributed by atoms with Crippen molar-refractivity contribution in [2.24, 2.45) is 0 Å². The van der Waals surface area contributed by atoms with Gasteiger partial charge < -0.3 is 9.42 Å². The molecule has 0 bridgehead atoms. The van der Waals surface area contributed by atoms with Crippen LogP contribution >= 0.6 is 7.82 Å². The molecule has 1 rings (SSSR count). The molecular formula is C2H4NaO5P. The maximum atomic E-state index is 10.1. The molecule has 0 radical (unpaired) electrons. The van der Waals surface area contributed by atoms with Crippen LogP contribution < -0.4 is 34.5 Å². The molecule has 48 valence electrons. The van der Waals surface area contributed by atoms with Crippen LogP contribution in [0.4, 0.5) is 0 Å². The normalized spacial score (nSPS) is 35.2. The molecule has 1 atom stereocenters. The fourth-order valence-electron chi connectivity index (χ4n) is 0.306. The Bertz CT molecular complexity index is 116. The molecule has 0 aromatic heterocycles. The summed E-state index contributed by atoms with van der Waals surface area (Å²) in [6.45, 7) is 0.201. The Kier molecular flexibility index (Phi) is 4.54. The second-order valence-corrected chi connectivity index (χ2v) is 2.48. The third-order valence-electron chi connectivity index (χ3n) is 0.560. The Morgan fingerprint density at radius 2 is 2.11 bits per heavy atom. The molecule has 1 aliphatic heterocycles. The first-order valence-electron chi connectivity index (χ1n) is 1.97. The molecule has 0 N–H and O–H groups in total. The first-order chi connectivity index (χ1) is 3.71. The Balaban J connectivity index is 0.000000640. The molecule has 0 aromatic carbocycles. The number of phosphoric acid groups is 1. The average Bonchev–Trinajstić information content (AvgIpc) is 1.65. The summed E-state index contributed by atoms with van der Waals surface area (Å²) in [6.07, 6.45) is 0. The fourth-order valence-corrected chi connectivity index (χ4v) is 0.851. The van der Waals surface area contributed by atoms with Crippen LogP contribution in [-0.2, 0) is 18.7 Å². The third kappa shape index (κ3) is 3.70. The van der Waals surface area contributed by atoms with Crippen molar-refractivity contribution >= 4 is 7.82 Å². The molecule has 1 heterocycles. The van der Waals surface area contributed by atoms with Gasteiger partial charge in [-0.25, -0.2) is 4.89 Å². The predicted octanol–water partition coefficient (Wildman–Crippen LogP) is -3.56. The second kappa shape index (κ2) is 4.05. The molecule has 1 aliphatic rings. The minimum absolute atomic E-state index is 0. The molecule has 0 amide bonds. The van der Waals surface area contributed by atoms with Gasteiger partial charge in [0.2, 0.25) is 0 Å². The molecule has 0 saturated carbocycles. The van der Waals surface area contributed by atoms with Crippen LogP contribution in [0.25, 0.3) is 0 Å². The largest absolute Gasteiger partial charge is 1.00 e. The summed E-state index contributed by atoms with van der Waals surface area (Å²) in [7, 11) is -4.06. The minimum Gasteiger partial charge on any atom is -0.754 e. The van der Waals surface area contributed by atoms with Crippen LogP contribution in [0.1, 0.15) is 0 Å². The Morgan fingerprint density at radius 1 is 1.44 bits per heavy atom. The van der Waals surface area contributed by atoms with E-state index in [1.54, 1.807) is 0 Å². The van der Waals surface area contributed by atoms with E-state index in [4.69, 9.17) is 0 Å². The summed E-state index contributed by atoms with van der Waals surface area (Å²) in [4.78, 5) is 14.2. The average molecular weight is 162 g/mol. The van der Waals surface area contributed by atoms with Gasteiger partial charge in [-0.15, -0.1) is 0 Å². The number of rotatable bonds is 0. The minimum atomic E-state index is -4.06. The summed E-state index contributed by atoms with van der Waals surface area (Å²) in [5.41, 5.74) is 0. The maximum Gasteiger partial charge on any atom is 1.00 e. The molecule has 1 unspecified atom stereocenters. The van der Waals surface area contributed by atoms with Crippen molar-refractivity contribution in [2.75, 3.05) is 13.2 Å². The van der Waals surface area contributed by atoms with Gasteiger partial charge in [-0.05, 0) is 0 Å². The van der Waals surface area contributed by atoms with Crippen molar-refractivity contribution in [3.8, 4) is 0 Å². The summed E-state index contributed by atoms with van der Waals surface area (Å²) in [5, 5.41) is 0. The van der Waals surface area contributed by atoms with E-state index in [1.807, 2.05) is 0 Å². The predicted molar refractivity (Wildman–Crippen MR) is 20.6 cm³/mol. The van der Waals surface area contributed by atoms with E-state index in [2.05, 4.69) is 14.1 Å². The van der Waals surface area contributed by atoms with Gasteiger partial charge in [-0.1, -0.05) is 0 Å². The SMILES string of the molecule is O=P1([O-])OCCOO1.[Na+]. The molecule has 0 aliphatic carbocycles. The topological polar surface area (TPSA) is 67.8 Å². The van der Waals surface area contributed by atoms with Crippen LogP contribution in [0.3, 0.4) is 0 Å². The number of hydrogen-bond donors (Lipinski definition) is 0. The van der Waals surface area contributed by atoms with Gasteiger partial charge in [0.15, 0.2) is 0 Å². The van der Waals surface area contributed by atoms with Gasteiger partial charge in [0.1, 0.15) is 6.61 Å². The van der Waals surface area contributed by atoms with Crippen LogP contribution in [0, 0.1) is 0 Å². The van der Waals surface area contributed by atoms with Crippen LogP contribution in [0.15, 0.2) is 0 Å². The maximum absolute atomic E-state index is 10.1. The zero-order valence-corrected chi connectivity index (χ0v) is 7.80. The first kappa shape index (κ1) is 10.1. The molecule has 7 heteroatoms. The van der Waals surface area contributed by atoms with Gasteiger partial charge >= 0.3 is 29.6 Å². The van der Waals surface area contributed by atoms with E-state index in [-0.39, 0.29) is 42.8 Å². The molecular weight excluding hydrogens is 158 g/mol. The smallest absolute Gasteiger partial charge is 0.754 e. The summed E-state index contributed by atoms with van der Waals surface area (Å²) < 4.78 is 18.0. The van der Waals surface area contributed by atoms with Gasteiger partial charge in [0.05, 0.1) is 6.61 Å². The van der Waals surface area contributed by atoms with E-state index in [0.29, 0.717) is 0 Å². The summed E-state index contributed by atoms with van der Waals surface area (Å²) in [5.74, 6) is 0. The van der Waals surface area contributed by atoms with Gasteiger partial charge in [0.25, 0.3) is 7.82 Å². The van der Waals surface area contributed by atoms with Crippen LogP contribution in [0.5, 0.6) is 0 Å². The van der Waals surface area contributed by atoms with Crippen LogP contribution in [0.2, 0.25) is 0 Å². The van der Waals surface area contributed by atoms with Crippen molar-refractivity contribution in [2.45, 2.75) is 0 Å². The quantitative estimate of drug-likeness (QED) is 0.209. The van der Waals surface area contributed by atoms with Crippen molar-refractivity contribution in [1.29, 1.82) is 0 Å². The van der Waals surface area contributed by atoms with Crippen LogP contribution in [-0.4, -0.2) is 13.2 Å². The van der Waals surface area contributed by atoms with E-state index >= 15 is 0 Å². The molecule has 0 spiro atoms. The summed E-state index contributed by atoms with van der Waals surface area (Å²) >= 11 is 0. The zero-order valence-electron chi connectivity index (χ0n) is 4.90. The Labute approximate surface area is 74.1 Å². The van der Waals surface area contributed by atoms with Crippen molar-refractivity contribution in [3.63, 3.8) is 0 Å². The second-order valence-electron chi connectivity index (χ2n) is 1.18. The molecule has 0 aromatic rings. The Morgan fingerprint density at radius 3 is 2.33 bits per heavy atom. The van der Waals surface area contributed by atoms with Crippen molar-refractivity contribution < 1.29 is 53.1 Å². The number of phosphoric ester groups is 1. The molecule has 1 fully saturated rings. The fraction of sp³-hybridized carbons (Fsp3) is 1.00. The third-order valence-corrected chi connectivity index (χ3v) is 1.35. The monoisotopic (exact) mass is 162 g/mol. The van der Waals surface area contributed by atoms with E-state index in [9.17, 15) is 9.46 Å². The van der Waals surface area contributed by atoms with E-state index in [0.717, 1.165) is 0 Å². The van der Waals surface area contributed by atoms with E-state index in [1.165, 1.54) is 0 Å².